The van der Waals surface area contributed by atoms with Crippen molar-refractivity contribution in [3.05, 3.63) is 11.6 Å². The summed E-state index contributed by atoms with van der Waals surface area (Å²) in [4.78, 5) is 13.1. The van der Waals surface area contributed by atoms with E-state index < -0.39 is 122 Å². The minimum Gasteiger partial charge on any atom is -0.481 e. The standard InChI is InChI=1S/C47H76O18/c1-42(2)13-15-47(41(58)59)16-14-45(5)22(23(47)17-42)7-8-28-43(3)11-10-29(44(4,21-50)27(43)9-12-46(28,45)6)63-40-37(30(52)24(51)20-60-40)65-39-35(57)36(32(54)26(19-49)62-39)64-38-34(56)33(55)31(53)25(18-48)61-38/h7,23-40,48-57H,8-21H2,1-6H3,(H,58,59)/t23-,24-,25+,26+,27+,28+,29-,30-,31+,32+,33-,34+,35+,36-,37+,38-,39-,40-,43-,44-,45+,46+,47-/m0/s1. The average Bonchev–Trinajstić information content (AvgIpc) is 3.26. The Kier molecular flexibility index (Phi) is 13.7. The zero-order valence-electron chi connectivity index (χ0n) is 38.6. The fraction of sp³-hybridized carbons (Fsp3) is 0.936. The molecule has 0 aromatic carbocycles. The predicted octanol–water partition coefficient (Wildman–Crippen LogP) is 0.318. The van der Waals surface area contributed by atoms with Crippen LogP contribution in [0.2, 0.25) is 0 Å². The molecular weight excluding hydrogens is 852 g/mol. The highest BCUT2D eigenvalue weighted by molar-refractivity contribution is 5.76. The van der Waals surface area contributed by atoms with Gasteiger partial charge in [-0.3, -0.25) is 4.79 Å². The second-order valence-electron chi connectivity index (χ2n) is 22.9. The lowest BCUT2D eigenvalue weighted by molar-refractivity contribution is -0.385. The van der Waals surface area contributed by atoms with Gasteiger partial charge in [-0.25, -0.2) is 0 Å². The van der Waals surface area contributed by atoms with Gasteiger partial charge in [0, 0.05) is 5.41 Å². The maximum absolute atomic E-state index is 13.1. The summed E-state index contributed by atoms with van der Waals surface area (Å²) in [7, 11) is 0. The van der Waals surface area contributed by atoms with Gasteiger partial charge in [0.05, 0.1) is 37.9 Å². The summed E-state index contributed by atoms with van der Waals surface area (Å²) in [6, 6.07) is 0. The first-order valence-corrected chi connectivity index (χ1v) is 23.9. The molecule has 8 aliphatic rings. The van der Waals surface area contributed by atoms with Crippen LogP contribution in [0, 0.1) is 50.2 Å². The summed E-state index contributed by atoms with van der Waals surface area (Å²) in [5.41, 5.74) is -0.738. The van der Waals surface area contributed by atoms with Gasteiger partial charge in [0.1, 0.15) is 67.1 Å². The Morgan fingerprint density at radius 3 is 1.95 bits per heavy atom. The lowest BCUT2D eigenvalue weighted by atomic mass is 9.33. The molecule has 0 radical (unpaired) electrons. The molecule has 3 heterocycles. The lowest BCUT2D eigenvalue weighted by Crippen LogP contribution is -2.67. The van der Waals surface area contributed by atoms with Crippen molar-refractivity contribution in [3.63, 3.8) is 0 Å². The minimum atomic E-state index is -1.91. The molecule has 8 rings (SSSR count). The molecule has 0 spiro atoms. The highest BCUT2D eigenvalue weighted by Gasteiger charge is 2.70. The number of allylic oxidation sites excluding steroid dienone is 2. The van der Waals surface area contributed by atoms with E-state index in [1.54, 1.807) is 0 Å². The molecule has 0 aromatic heterocycles. The van der Waals surface area contributed by atoms with Gasteiger partial charge < -0.3 is 84.6 Å². The maximum atomic E-state index is 13.1. The van der Waals surface area contributed by atoms with Crippen molar-refractivity contribution in [2.45, 2.75) is 198 Å². The number of carboxylic acid groups (broad SMARTS) is 1. The lowest BCUT2D eigenvalue weighted by Gasteiger charge is -2.71. The van der Waals surface area contributed by atoms with Crippen LogP contribution < -0.4 is 0 Å². The molecule has 18 nitrogen and oxygen atoms in total. The fourth-order valence-corrected chi connectivity index (χ4v) is 14.9. The third kappa shape index (κ3) is 7.80. The van der Waals surface area contributed by atoms with Crippen molar-refractivity contribution in [2.24, 2.45) is 50.2 Å². The SMILES string of the molecule is CC1(C)CC[C@]2(C(=O)O)CC[C@]3(C)C(=CC[C@@H]4[C@@]5(C)CC[C@H](O[C@@H]6OC[C@H](O)[C@H](O)[C@H]6O[C@@H]6O[C@H](CO)[C@@H](O)[C@H](O[C@@H]7O[C@H](CO)[C@@H](O)[C@H](O)[C@H]7O)[C@H]6O)[C@@](C)(CO)[C@@H]5CC[C@]43C)[C@@H]2C1. The van der Waals surface area contributed by atoms with Crippen LogP contribution in [0.1, 0.15) is 106 Å². The third-order valence-electron chi connectivity index (χ3n) is 19.1. The molecule has 5 aliphatic carbocycles. The van der Waals surface area contributed by atoms with E-state index in [1.165, 1.54) is 5.57 Å². The molecule has 3 aliphatic heterocycles. The van der Waals surface area contributed by atoms with Gasteiger partial charge in [-0.05, 0) is 104 Å². The van der Waals surface area contributed by atoms with E-state index in [9.17, 15) is 61.0 Å². The van der Waals surface area contributed by atoms with Gasteiger partial charge in [0.25, 0.3) is 0 Å². The Balaban J connectivity index is 1.02. The van der Waals surface area contributed by atoms with Crippen molar-refractivity contribution < 1.29 is 89.4 Å². The summed E-state index contributed by atoms with van der Waals surface area (Å²) in [5.74, 6) is -0.462. The summed E-state index contributed by atoms with van der Waals surface area (Å²) >= 11 is 0. The number of aliphatic hydroxyl groups is 10. The molecular formula is C47H76O18. The molecule has 11 N–H and O–H groups in total. The molecule has 372 valence electrons. The number of rotatable bonds is 10. The number of fused-ring (bicyclic) bond motifs is 7. The number of aliphatic hydroxyl groups excluding tert-OH is 10. The Bertz CT molecular complexity index is 1760. The first-order valence-electron chi connectivity index (χ1n) is 23.9. The number of ether oxygens (including phenoxy) is 6. The highest BCUT2D eigenvalue weighted by atomic mass is 16.8. The molecule has 23 atom stereocenters. The Morgan fingerprint density at radius 1 is 0.677 bits per heavy atom. The topological polar surface area (TPSA) is 295 Å². The van der Waals surface area contributed by atoms with Crippen molar-refractivity contribution in [3.8, 4) is 0 Å². The molecule has 0 unspecified atom stereocenters. The Morgan fingerprint density at radius 2 is 1.31 bits per heavy atom. The molecule has 0 amide bonds. The highest BCUT2D eigenvalue weighted by Crippen LogP contribution is 2.76. The summed E-state index contributed by atoms with van der Waals surface area (Å²) in [6.45, 7) is 11.6. The quantitative estimate of drug-likeness (QED) is 0.104. The van der Waals surface area contributed by atoms with E-state index in [0.29, 0.717) is 19.3 Å². The largest absolute Gasteiger partial charge is 0.481 e. The van der Waals surface area contributed by atoms with Crippen LogP contribution in [0.4, 0.5) is 0 Å². The summed E-state index contributed by atoms with van der Waals surface area (Å²) in [6.07, 6.45) is -13.7. The van der Waals surface area contributed by atoms with Crippen LogP contribution in [0.3, 0.4) is 0 Å². The smallest absolute Gasteiger partial charge is 0.310 e. The van der Waals surface area contributed by atoms with E-state index in [-0.39, 0.29) is 52.6 Å². The summed E-state index contributed by atoms with van der Waals surface area (Å²) in [5, 5.41) is 118. The molecule has 4 saturated carbocycles. The second kappa shape index (κ2) is 17.8. The number of carboxylic acids is 1. The van der Waals surface area contributed by atoms with Crippen molar-refractivity contribution in [2.75, 3.05) is 26.4 Å². The number of aliphatic carboxylic acids is 1. The molecule has 65 heavy (non-hydrogen) atoms. The van der Waals surface area contributed by atoms with Crippen LogP contribution in [0.15, 0.2) is 11.6 Å². The van der Waals surface area contributed by atoms with Crippen LogP contribution >= 0.6 is 0 Å². The van der Waals surface area contributed by atoms with E-state index >= 15 is 0 Å². The van der Waals surface area contributed by atoms with Crippen molar-refractivity contribution in [1.29, 1.82) is 0 Å². The van der Waals surface area contributed by atoms with E-state index in [2.05, 4.69) is 40.7 Å². The molecule has 0 aromatic rings. The van der Waals surface area contributed by atoms with Crippen molar-refractivity contribution >= 4 is 5.97 Å². The van der Waals surface area contributed by atoms with Gasteiger partial charge in [0.2, 0.25) is 0 Å². The molecule has 18 heteroatoms. The Hall–Kier alpha value is -1.43. The average molecular weight is 929 g/mol. The normalized spacial score (nSPS) is 54.3. The molecule has 3 saturated heterocycles. The first-order chi connectivity index (χ1) is 30.5. The maximum Gasteiger partial charge on any atom is 0.310 e. The monoisotopic (exact) mass is 929 g/mol. The van der Waals surface area contributed by atoms with Crippen LogP contribution in [-0.4, -0.2) is 181 Å². The first kappa shape index (κ1) is 50.0. The van der Waals surface area contributed by atoms with Crippen LogP contribution in [0.25, 0.3) is 0 Å². The predicted molar refractivity (Wildman–Crippen MR) is 226 cm³/mol. The van der Waals surface area contributed by atoms with Gasteiger partial charge >= 0.3 is 5.97 Å². The number of hydrogen-bond donors (Lipinski definition) is 11. The zero-order valence-corrected chi connectivity index (χ0v) is 38.6. The van der Waals surface area contributed by atoms with E-state index in [0.717, 1.165) is 44.9 Å². The number of hydrogen-bond acceptors (Lipinski definition) is 17. The van der Waals surface area contributed by atoms with Gasteiger partial charge in [-0.2, -0.15) is 0 Å². The zero-order chi connectivity index (χ0) is 47.4. The fourth-order valence-electron chi connectivity index (χ4n) is 14.9. The van der Waals surface area contributed by atoms with E-state index in [1.807, 2.05) is 6.92 Å². The molecule has 7 fully saturated rings. The minimum absolute atomic E-state index is 0.0141. The van der Waals surface area contributed by atoms with Crippen LogP contribution in [0.5, 0.6) is 0 Å². The second-order valence-corrected chi connectivity index (χ2v) is 22.9. The van der Waals surface area contributed by atoms with Gasteiger partial charge in [0.15, 0.2) is 18.9 Å². The third-order valence-corrected chi connectivity index (χ3v) is 19.1. The Labute approximate surface area is 380 Å². The molecule has 0 bridgehead atoms. The van der Waals surface area contributed by atoms with Gasteiger partial charge in [-0.1, -0.05) is 53.2 Å². The van der Waals surface area contributed by atoms with E-state index in [4.69, 9.17) is 28.4 Å². The van der Waals surface area contributed by atoms with Crippen molar-refractivity contribution in [1.82, 2.24) is 0 Å². The van der Waals surface area contributed by atoms with Gasteiger partial charge in [-0.15, -0.1) is 0 Å². The summed E-state index contributed by atoms with van der Waals surface area (Å²) < 4.78 is 35.9. The number of carbonyl (C=O) groups is 1. The van der Waals surface area contributed by atoms with Crippen LogP contribution in [-0.2, 0) is 33.2 Å².